The summed E-state index contributed by atoms with van der Waals surface area (Å²) in [4.78, 5) is 12.3. The van der Waals surface area contributed by atoms with E-state index in [0.29, 0.717) is 6.61 Å². The van der Waals surface area contributed by atoms with Crippen LogP contribution in [0.2, 0.25) is 0 Å². The summed E-state index contributed by atoms with van der Waals surface area (Å²) in [7, 11) is 0. The van der Waals surface area contributed by atoms with Crippen molar-refractivity contribution in [2.24, 2.45) is 0 Å². The third-order valence-corrected chi connectivity index (χ3v) is 3.51. The number of carbonyl (C=O) groups is 1. The minimum absolute atomic E-state index is 0.0712. The predicted octanol–water partition coefficient (Wildman–Crippen LogP) is 3.87. The van der Waals surface area contributed by atoms with Crippen LogP contribution in [-0.4, -0.2) is 12.5 Å². The Bertz CT molecular complexity index is 743. The highest BCUT2D eigenvalue weighted by molar-refractivity contribution is 6.01. The number of hydrogen-bond donors (Lipinski definition) is 1. The maximum Gasteiger partial charge on any atom is 0.262 e. The molecule has 0 aliphatic rings. The first kappa shape index (κ1) is 17.3. The van der Waals surface area contributed by atoms with Gasteiger partial charge in [-0.1, -0.05) is 42.5 Å². The Morgan fingerprint density at radius 2 is 1.88 bits per heavy atom. The van der Waals surface area contributed by atoms with E-state index in [1.807, 2.05) is 74.5 Å². The lowest BCUT2D eigenvalue weighted by Crippen LogP contribution is -2.27. The summed E-state index contributed by atoms with van der Waals surface area (Å²) in [6.45, 7) is 4.40. The maximum absolute atomic E-state index is 12.3. The van der Waals surface area contributed by atoms with E-state index in [4.69, 9.17) is 4.74 Å². The fourth-order valence-electron chi connectivity index (χ4n) is 2.24. The number of ether oxygens (including phenoxy) is 1. The van der Waals surface area contributed by atoms with Gasteiger partial charge in [0.15, 0.2) is 0 Å². The summed E-state index contributed by atoms with van der Waals surface area (Å²) in [5, 5.41) is 12.1. The second-order valence-electron chi connectivity index (χ2n) is 5.28. The van der Waals surface area contributed by atoms with Gasteiger partial charge in [0.05, 0.1) is 12.6 Å². The highest BCUT2D eigenvalue weighted by Crippen LogP contribution is 2.16. The molecular formula is C20H20N2O2. The van der Waals surface area contributed by atoms with Gasteiger partial charge in [-0.15, -0.1) is 0 Å². The lowest BCUT2D eigenvalue weighted by molar-refractivity contribution is -0.117. The first-order valence-corrected chi connectivity index (χ1v) is 7.84. The minimum atomic E-state index is -0.386. The van der Waals surface area contributed by atoms with Gasteiger partial charge < -0.3 is 10.1 Å². The Kier molecular flexibility index (Phi) is 6.16. The molecule has 2 rings (SSSR count). The zero-order valence-corrected chi connectivity index (χ0v) is 13.8. The quantitative estimate of drug-likeness (QED) is 0.649. The van der Waals surface area contributed by atoms with E-state index in [1.165, 1.54) is 0 Å². The molecule has 4 heteroatoms. The van der Waals surface area contributed by atoms with Crippen LogP contribution >= 0.6 is 0 Å². The van der Waals surface area contributed by atoms with Crippen LogP contribution in [0.3, 0.4) is 0 Å². The number of nitrogens with one attached hydrogen (secondary N) is 1. The third kappa shape index (κ3) is 4.72. The van der Waals surface area contributed by atoms with Crippen molar-refractivity contribution >= 4 is 12.0 Å². The minimum Gasteiger partial charge on any atom is -0.494 e. The molecule has 0 saturated carbocycles. The lowest BCUT2D eigenvalue weighted by atomic mass is 10.1. The summed E-state index contributed by atoms with van der Waals surface area (Å²) in [5.41, 5.74) is 1.84. The molecule has 0 fully saturated rings. The number of nitrogens with zero attached hydrogens (tertiary/aromatic N) is 1. The van der Waals surface area contributed by atoms with Crippen LogP contribution in [0.15, 0.2) is 60.2 Å². The van der Waals surface area contributed by atoms with E-state index in [9.17, 15) is 10.1 Å². The monoisotopic (exact) mass is 320 g/mol. The second-order valence-corrected chi connectivity index (χ2v) is 5.28. The first-order valence-electron chi connectivity index (χ1n) is 7.84. The first-order chi connectivity index (χ1) is 11.6. The molecule has 0 aromatic heterocycles. The van der Waals surface area contributed by atoms with E-state index < -0.39 is 0 Å². The molecule has 0 radical (unpaired) electrons. The highest BCUT2D eigenvalue weighted by Gasteiger charge is 2.13. The van der Waals surface area contributed by atoms with Crippen molar-refractivity contribution in [2.75, 3.05) is 6.61 Å². The number of nitriles is 1. The standard InChI is InChI=1S/C20H20N2O2/c1-3-24-19-11-9-16(10-12-19)13-18(14-21)20(23)22-15(2)17-7-5-4-6-8-17/h4-13,15H,3H2,1-2H3,(H,22,23)/b18-13+. The molecule has 4 nitrogen and oxygen atoms in total. The van der Waals surface area contributed by atoms with Gasteiger partial charge in [-0.25, -0.2) is 0 Å². The molecule has 1 amide bonds. The number of carbonyl (C=O) groups excluding carboxylic acids is 1. The summed E-state index contributed by atoms with van der Waals surface area (Å²) in [5.74, 6) is 0.373. The van der Waals surface area contributed by atoms with Gasteiger partial charge in [0.25, 0.3) is 5.91 Å². The van der Waals surface area contributed by atoms with Crippen molar-refractivity contribution in [2.45, 2.75) is 19.9 Å². The zero-order chi connectivity index (χ0) is 17.4. The van der Waals surface area contributed by atoms with E-state index in [1.54, 1.807) is 6.08 Å². The molecule has 122 valence electrons. The van der Waals surface area contributed by atoms with Crippen LogP contribution in [0.4, 0.5) is 0 Å². The topological polar surface area (TPSA) is 62.1 Å². The van der Waals surface area contributed by atoms with Gasteiger partial charge in [-0.2, -0.15) is 5.26 Å². The molecule has 0 aliphatic heterocycles. The van der Waals surface area contributed by atoms with Crippen molar-refractivity contribution in [3.05, 3.63) is 71.3 Å². The molecule has 0 aliphatic carbocycles. The molecule has 0 bridgehead atoms. The van der Waals surface area contributed by atoms with Crippen LogP contribution in [0.25, 0.3) is 6.08 Å². The number of amides is 1. The average molecular weight is 320 g/mol. The van der Waals surface area contributed by atoms with Gasteiger partial charge >= 0.3 is 0 Å². The normalized spacial score (nSPS) is 12.1. The summed E-state index contributed by atoms with van der Waals surface area (Å²) >= 11 is 0. The van der Waals surface area contributed by atoms with E-state index >= 15 is 0 Å². The molecule has 1 atom stereocenters. The van der Waals surface area contributed by atoms with E-state index in [2.05, 4.69) is 5.32 Å². The molecule has 0 heterocycles. The smallest absolute Gasteiger partial charge is 0.262 e. The Hall–Kier alpha value is -3.06. The van der Waals surface area contributed by atoms with E-state index in [-0.39, 0.29) is 17.5 Å². The predicted molar refractivity (Wildman–Crippen MR) is 94.2 cm³/mol. The van der Waals surface area contributed by atoms with Gasteiger partial charge in [0.2, 0.25) is 0 Å². The third-order valence-electron chi connectivity index (χ3n) is 3.51. The van der Waals surface area contributed by atoms with Crippen molar-refractivity contribution in [1.29, 1.82) is 5.26 Å². The number of hydrogen-bond acceptors (Lipinski definition) is 3. The molecule has 2 aromatic rings. The Balaban J connectivity index is 2.09. The van der Waals surface area contributed by atoms with Crippen LogP contribution in [-0.2, 0) is 4.79 Å². The summed E-state index contributed by atoms with van der Waals surface area (Å²) in [6, 6.07) is 18.7. The van der Waals surface area contributed by atoms with Gasteiger partial charge in [-0.05, 0) is 43.2 Å². The highest BCUT2D eigenvalue weighted by atomic mass is 16.5. The molecule has 24 heavy (non-hydrogen) atoms. The zero-order valence-electron chi connectivity index (χ0n) is 13.8. The molecule has 1 N–H and O–H groups in total. The SMILES string of the molecule is CCOc1ccc(/C=C(\C#N)C(=O)NC(C)c2ccccc2)cc1. The molecule has 2 aromatic carbocycles. The summed E-state index contributed by atoms with van der Waals surface area (Å²) < 4.78 is 5.38. The van der Waals surface area contributed by atoms with Crippen LogP contribution in [0.5, 0.6) is 5.75 Å². The van der Waals surface area contributed by atoms with Crippen LogP contribution in [0.1, 0.15) is 31.0 Å². The van der Waals surface area contributed by atoms with Crippen molar-refractivity contribution < 1.29 is 9.53 Å². The second kappa shape index (κ2) is 8.54. The average Bonchev–Trinajstić information content (AvgIpc) is 2.62. The van der Waals surface area contributed by atoms with E-state index in [0.717, 1.165) is 16.9 Å². The molecule has 0 spiro atoms. The molecular weight excluding hydrogens is 300 g/mol. The fourth-order valence-corrected chi connectivity index (χ4v) is 2.24. The van der Waals surface area contributed by atoms with Crippen LogP contribution in [0, 0.1) is 11.3 Å². The largest absolute Gasteiger partial charge is 0.494 e. The van der Waals surface area contributed by atoms with Crippen LogP contribution < -0.4 is 10.1 Å². The van der Waals surface area contributed by atoms with Gasteiger partial charge in [-0.3, -0.25) is 4.79 Å². The Morgan fingerprint density at radius 1 is 1.21 bits per heavy atom. The fraction of sp³-hybridized carbons (Fsp3) is 0.200. The summed E-state index contributed by atoms with van der Waals surface area (Å²) in [6.07, 6.45) is 1.57. The number of rotatable bonds is 6. The lowest BCUT2D eigenvalue weighted by Gasteiger charge is -2.13. The van der Waals surface area contributed by atoms with Gasteiger partial charge in [0.1, 0.15) is 17.4 Å². The van der Waals surface area contributed by atoms with Crippen molar-refractivity contribution in [1.82, 2.24) is 5.32 Å². The molecule has 1 unspecified atom stereocenters. The van der Waals surface area contributed by atoms with Crippen molar-refractivity contribution in [3.8, 4) is 11.8 Å². The molecule has 0 saturated heterocycles. The Morgan fingerprint density at radius 3 is 2.46 bits per heavy atom. The van der Waals surface area contributed by atoms with Crippen molar-refractivity contribution in [3.63, 3.8) is 0 Å². The number of benzene rings is 2. The van der Waals surface area contributed by atoms with Gasteiger partial charge in [0, 0.05) is 0 Å². The Labute approximate surface area is 142 Å². The maximum atomic E-state index is 12.3.